The molecule has 2 aromatic rings. The Kier molecular flexibility index (Phi) is 2.76. The summed E-state index contributed by atoms with van der Waals surface area (Å²) in [7, 11) is 0. The van der Waals surface area contributed by atoms with Crippen molar-refractivity contribution in [2.45, 2.75) is 13.0 Å². The molecule has 4 nitrogen and oxygen atoms in total. The van der Waals surface area contributed by atoms with Gasteiger partial charge >= 0.3 is 0 Å². The van der Waals surface area contributed by atoms with Crippen molar-refractivity contribution >= 4 is 11.6 Å². The zero-order valence-electron chi connectivity index (χ0n) is 9.99. The van der Waals surface area contributed by atoms with Gasteiger partial charge in [0.25, 0.3) is 5.91 Å². The van der Waals surface area contributed by atoms with E-state index < -0.39 is 0 Å². The van der Waals surface area contributed by atoms with Crippen molar-refractivity contribution in [3.8, 4) is 0 Å². The van der Waals surface area contributed by atoms with Gasteiger partial charge in [0, 0.05) is 36.7 Å². The van der Waals surface area contributed by atoms with Crippen LogP contribution < -0.4 is 10.6 Å². The fourth-order valence-electron chi connectivity index (χ4n) is 2.18. The Labute approximate surface area is 105 Å². The molecule has 3 rings (SSSR count). The van der Waals surface area contributed by atoms with Crippen molar-refractivity contribution in [2.75, 3.05) is 11.9 Å². The third-order valence-corrected chi connectivity index (χ3v) is 3.20. The van der Waals surface area contributed by atoms with Gasteiger partial charge in [0.2, 0.25) is 0 Å². The number of aromatic nitrogens is 1. The van der Waals surface area contributed by atoms with Gasteiger partial charge < -0.3 is 15.6 Å². The Morgan fingerprint density at radius 1 is 1.33 bits per heavy atom. The maximum absolute atomic E-state index is 12.0. The van der Waals surface area contributed by atoms with Crippen LogP contribution in [0.5, 0.6) is 0 Å². The lowest BCUT2D eigenvalue weighted by Gasteiger charge is -2.06. The van der Waals surface area contributed by atoms with Gasteiger partial charge in [0.05, 0.1) is 0 Å². The van der Waals surface area contributed by atoms with E-state index in [9.17, 15) is 4.79 Å². The highest BCUT2D eigenvalue weighted by Gasteiger charge is 2.13. The van der Waals surface area contributed by atoms with Crippen LogP contribution in [-0.2, 0) is 13.0 Å². The first-order valence-corrected chi connectivity index (χ1v) is 6.09. The molecule has 0 spiro atoms. The van der Waals surface area contributed by atoms with Crippen LogP contribution >= 0.6 is 0 Å². The SMILES string of the molecule is O=C(NCc1cc[nH]c1)c1ccc2c(c1)NCC2. The molecule has 0 aliphatic carbocycles. The van der Waals surface area contributed by atoms with E-state index in [-0.39, 0.29) is 5.91 Å². The molecule has 0 radical (unpaired) electrons. The summed E-state index contributed by atoms with van der Waals surface area (Å²) in [6.07, 6.45) is 4.77. The van der Waals surface area contributed by atoms with Gasteiger partial charge in [-0.3, -0.25) is 4.79 Å². The van der Waals surface area contributed by atoms with Crippen LogP contribution in [0.4, 0.5) is 5.69 Å². The number of hydrogen-bond acceptors (Lipinski definition) is 2. The molecule has 92 valence electrons. The molecule has 1 aromatic heterocycles. The standard InChI is InChI=1S/C14H15N3O/c18-14(17-9-10-3-5-15-8-10)12-2-1-11-4-6-16-13(11)7-12/h1-3,5,7-8,15-16H,4,6,9H2,(H,17,18). The fourth-order valence-corrected chi connectivity index (χ4v) is 2.18. The summed E-state index contributed by atoms with van der Waals surface area (Å²) in [6, 6.07) is 7.79. The molecule has 0 atom stereocenters. The zero-order chi connectivity index (χ0) is 12.4. The van der Waals surface area contributed by atoms with Crippen molar-refractivity contribution in [3.05, 3.63) is 53.3 Å². The average molecular weight is 241 g/mol. The second-order valence-electron chi connectivity index (χ2n) is 4.45. The first-order valence-electron chi connectivity index (χ1n) is 6.09. The summed E-state index contributed by atoms with van der Waals surface area (Å²) in [5, 5.41) is 6.19. The van der Waals surface area contributed by atoms with Gasteiger partial charge in [-0.05, 0) is 35.7 Å². The number of nitrogens with one attached hydrogen (secondary N) is 3. The highest BCUT2D eigenvalue weighted by molar-refractivity contribution is 5.95. The number of carbonyl (C=O) groups is 1. The van der Waals surface area contributed by atoms with E-state index in [1.165, 1.54) is 5.56 Å². The van der Waals surface area contributed by atoms with Crippen molar-refractivity contribution < 1.29 is 4.79 Å². The van der Waals surface area contributed by atoms with E-state index >= 15 is 0 Å². The molecule has 1 aliphatic heterocycles. The summed E-state index contributed by atoms with van der Waals surface area (Å²) in [5.41, 5.74) is 4.16. The second-order valence-corrected chi connectivity index (χ2v) is 4.45. The molecule has 0 unspecified atom stereocenters. The number of benzene rings is 1. The van der Waals surface area contributed by atoms with Crippen LogP contribution in [0.15, 0.2) is 36.7 Å². The Hall–Kier alpha value is -2.23. The number of hydrogen-bond donors (Lipinski definition) is 3. The molecule has 1 amide bonds. The first-order chi connectivity index (χ1) is 8.83. The number of amides is 1. The van der Waals surface area contributed by atoms with Crippen LogP contribution in [0.25, 0.3) is 0 Å². The molecule has 1 aromatic carbocycles. The van der Waals surface area contributed by atoms with E-state index in [2.05, 4.69) is 15.6 Å². The predicted molar refractivity (Wildman–Crippen MR) is 70.6 cm³/mol. The smallest absolute Gasteiger partial charge is 0.251 e. The molecular weight excluding hydrogens is 226 g/mol. The molecular formula is C14H15N3O. The molecule has 0 saturated heterocycles. The van der Waals surface area contributed by atoms with E-state index in [0.29, 0.717) is 12.1 Å². The first kappa shape index (κ1) is 10.9. The maximum atomic E-state index is 12.0. The third-order valence-electron chi connectivity index (χ3n) is 3.20. The van der Waals surface area contributed by atoms with Gasteiger partial charge in [-0.1, -0.05) is 6.07 Å². The van der Waals surface area contributed by atoms with Gasteiger partial charge in [-0.25, -0.2) is 0 Å². The monoisotopic (exact) mass is 241 g/mol. The van der Waals surface area contributed by atoms with Gasteiger partial charge in [0.1, 0.15) is 0 Å². The van der Waals surface area contributed by atoms with Crippen molar-refractivity contribution in [1.29, 1.82) is 0 Å². The Morgan fingerprint density at radius 2 is 2.28 bits per heavy atom. The lowest BCUT2D eigenvalue weighted by atomic mass is 10.1. The summed E-state index contributed by atoms with van der Waals surface area (Å²) in [6.45, 7) is 1.51. The molecule has 0 fully saturated rings. The number of aromatic amines is 1. The number of carbonyl (C=O) groups excluding carboxylic acids is 1. The maximum Gasteiger partial charge on any atom is 0.251 e. The normalized spacial score (nSPS) is 12.9. The highest BCUT2D eigenvalue weighted by Crippen LogP contribution is 2.23. The Bertz CT molecular complexity index is 560. The summed E-state index contributed by atoms with van der Waals surface area (Å²) in [4.78, 5) is 15.0. The van der Waals surface area contributed by atoms with Crippen LogP contribution in [0.1, 0.15) is 21.5 Å². The van der Waals surface area contributed by atoms with Crippen LogP contribution in [0.2, 0.25) is 0 Å². The molecule has 18 heavy (non-hydrogen) atoms. The van der Waals surface area contributed by atoms with E-state index in [4.69, 9.17) is 0 Å². The zero-order valence-corrected chi connectivity index (χ0v) is 9.99. The average Bonchev–Trinajstić information content (AvgIpc) is 3.05. The summed E-state index contributed by atoms with van der Waals surface area (Å²) in [5.74, 6) is -0.0345. The van der Waals surface area contributed by atoms with Crippen LogP contribution in [-0.4, -0.2) is 17.4 Å². The molecule has 2 heterocycles. The third kappa shape index (κ3) is 2.09. The Morgan fingerprint density at radius 3 is 3.11 bits per heavy atom. The van der Waals surface area contributed by atoms with Crippen molar-refractivity contribution in [1.82, 2.24) is 10.3 Å². The second kappa shape index (κ2) is 4.56. The lowest BCUT2D eigenvalue weighted by Crippen LogP contribution is -2.22. The van der Waals surface area contributed by atoms with Crippen molar-refractivity contribution in [2.24, 2.45) is 0 Å². The highest BCUT2D eigenvalue weighted by atomic mass is 16.1. The lowest BCUT2D eigenvalue weighted by molar-refractivity contribution is 0.0951. The Balaban J connectivity index is 1.69. The van der Waals surface area contributed by atoms with Crippen LogP contribution in [0, 0.1) is 0 Å². The quantitative estimate of drug-likeness (QED) is 0.769. The predicted octanol–water partition coefficient (Wildman–Crippen LogP) is 1.91. The van der Waals surface area contributed by atoms with Crippen LogP contribution in [0.3, 0.4) is 0 Å². The van der Waals surface area contributed by atoms with E-state index in [1.807, 2.05) is 36.7 Å². The number of rotatable bonds is 3. The molecule has 3 N–H and O–H groups in total. The number of fused-ring (bicyclic) bond motifs is 1. The van der Waals surface area contributed by atoms with Gasteiger partial charge in [-0.2, -0.15) is 0 Å². The molecule has 1 aliphatic rings. The minimum atomic E-state index is -0.0345. The fraction of sp³-hybridized carbons (Fsp3) is 0.214. The minimum absolute atomic E-state index is 0.0345. The van der Waals surface area contributed by atoms with Gasteiger partial charge in [0.15, 0.2) is 0 Å². The van der Waals surface area contributed by atoms with Gasteiger partial charge in [-0.15, -0.1) is 0 Å². The summed E-state index contributed by atoms with van der Waals surface area (Å²) >= 11 is 0. The van der Waals surface area contributed by atoms with Crippen molar-refractivity contribution in [3.63, 3.8) is 0 Å². The molecule has 0 bridgehead atoms. The molecule has 4 heteroatoms. The number of anilines is 1. The number of H-pyrrole nitrogens is 1. The van der Waals surface area contributed by atoms with E-state index in [1.54, 1.807) is 0 Å². The largest absolute Gasteiger partial charge is 0.384 e. The van der Waals surface area contributed by atoms with E-state index in [0.717, 1.165) is 24.2 Å². The topological polar surface area (TPSA) is 56.9 Å². The molecule has 0 saturated carbocycles. The minimum Gasteiger partial charge on any atom is -0.384 e. The summed E-state index contributed by atoms with van der Waals surface area (Å²) < 4.78 is 0.